The van der Waals surface area contributed by atoms with Gasteiger partial charge in [0.05, 0.1) is 5.69 Å². The van der Waals surface area contributed by atoms with E-state index in [-0.39, 0.29) is 0 Å². The van der Waals surface area contributed by atoms with Crippen molar-refractivity contribution >= 4 is 17.3 Å². The molecule has 0 saturated heterocycles. The highest BCUT2D eigenvalue weighted by Crippen LogP contribution is 2.20. The molecule has 0 aliphatic rings. The molecule has 0 saturated carbocycles. The van der Waals surface area contributed by atoms with Crippen molar-refractivity contribution in [3.8, 4) is 6.07 Å². The van der Waals surface area contributed by atoms with Crippen molar-refractivity contribution in [3.05, 3.63) is 11.6 Å². The summed E-state index contributed by atoms with van der Waals surface area (Å²) in [7, 11) is 0. The van der Waals surface area contributed by atoms with Crippen molar-refractivity contribution in [1.29, 1.82) is 5.26 Å². The lowest BCUT2D eigenvalue weighted by Gasteiger charge is -2.07. The number of anilines is 3. The number of nitrogens with one attached hydrogen (secondary N) is 1. The van der Waals surface area contributed by atoms with Crippen LogP contribution in [-0.2, 0) is 0 Å². The molecule has 1 heterocycles. The number of hydrogen-bond acceptors (Lipinski definition) is 5. The lowest BCUT2D eigenvalue weighted by Crippen LogP contribution is -2.06. The van der Waals surface area contributed by atoms with Gasteiger partial charge in [0.15, 0.2) is 0 Å². The average Bonchev–Trinajstić information content (AvgIpc) is 2.04. The molecular weight excluding hydrogens is 166 g/mol. The number of rotatable bonds is 2. The summed E-state index contributed by atoms with van der Waals surface area (Å²) in [5, 5.41) is 11.7. The Hall–Kier alpha value is -1.96. The minimum Gasteiger partial charge on any atom is -0.397 e. The average molecular weight is 177 g/mol. The molecular formula is C8H11N5. The van der Waals surface area contributed by atoms with Gasteiger partial charge in [-0.25, -0.2) is 4.98 Å². The summed E-state index contributed by atoms with van der Waals surface area (Å²) in [6.45, 7) is 2.58. The second kappa shape index (κ2) is 3.63. The summed E-state index contributed by atoms with van der Waals surface area (Å²) in [6.07, 6.45) is 0. The fourth-order valence-corrected chi connectivity index (χ4v) is 0.998. The van der Waals surface area contributed by atoms with Crippen molar-refractivity contribution in [1.82, 2.24) is 4.98 Å². The molecule has 13 heavy (non-hydrogen) atoms. The molecule has 0 aromatic carbocycles. The van der Waals surface area contributed by atoms with Gasteiger partial charge in [-0.05, 0) is 6.92 Å². The van der Waals surface area contributed by atoms with Crippen LogP contribution in [0.5, 0.6) is 0 Å². The van der Waals surface area contributed by atoms with Crippen LogP contribution in [0.3, 0.4) is 0 Å². The van der Waals surface area contributed by atoms with E-state index in [1.807, 2.05) is 13.0 Å². The largest absolute Gasteiger partial charge is 0.397 e. The number of nitrogen functional groups attached to an aromatic ring is 2. The fourth-order valence-electron chi connectivity index (χ4n) is 0.998. The first-order chi connectivity index (χ1) is 6.19. The lowest BCUT2D eigenvalue weighted by molar-refractivity contribution is 1.16. The number of pyridine rings is 1. The second-order valence-corrected chi connectivity index (χ2v) is 2.50. The van der Waals surface area contributed by atoms with Crippen LogP contribution < -0.4 is 16.8 Å². The van der Waals surface area contributed by atoms with Gasteiger partial charge in [-0.15, -0.1) is 0 Å². The van der Waals surface area contributed by atoms with Gasteiger partial charge in [-0.2, -0.15) is 5.26 Å². The van der Waals surface area contributed by atoms with Crippen molar-refractivity contribution in [2.45, 2.75) is 6.92 Å². The van der Waals surface area contributed by atoms with Gasteiger partial charge in [-0.3, -0.25) is 0 Å². The quantitative estimate of drug-likeness (QED) is 0.612. The van der Waals surface area contributed by atoms with Gasteiger partial charge in [0.2, 0.25) is 0 Å². The molecule has 0 aliphatic carbocycles. The Bertz CT molecular complexity index is 352. The Morgan fingerprint density at radius 2 is 2.31 bits per heavy atom. The summed E-state index contributed by atoms with van der Waals surface area (Å²) >= 11 is 0. The summed E-state index contributed by atoms with van der Waals surface area (Å²) in [6, 6.07) is 3.44. The molecule has 1 aromatic heterocycles. The molecule has 0 radical (unpaired) electrons. The van der Waals surface area contributed by atoms with Gasteiger partial charge in [0.1, 0.15) is 23.3 Å². The van der Waals surface area contributed by atoms with Crippen LogP contribution in [0, 0.1) is 11.3 Å². The molecule has 1 rings (SSSR count). The van der Waals surface area contributed by atoms with Crippen LogP contribution in [0.15, 0.2) is 6.07 Å². The van der Waals surface area contributed by atoms with Crippen LogP contribution in [0.2, 0.25) is 0 Å². The molecule has 0 aliphatic heterocycles. The van der Waals surface area contributed by atoms with E-state index in [0.29, 0.717) is 29.4 Å². The molecule has 0 atom stereocenters. The normalized spacial score (nSPS) is 9.23. The highest BCUT2D eigenvalue weighted by molar-refractivity contribution is 5.69. The zero-order valence-corrected chi connectivity index (χ0v) is 7.33. The number of hydrogen-bond donors (Lipinski definition) is 3. The molecule has 0 bridgehead atoms. The molecule has 0 unspecified atom stereocenters. The maximum Gasteiger partial charge on any atom is 0.148 e. The Balaban J connectivity index is 3.23. The van der Waals surface area contributed by atoms with E-state index in [4.69, 9.17) is 16.7 Å². The summed E-state index contributed by atoms with van der Waals surface area (Å²) in [5.41, 5.74) is 11.7. The first-order valence-electron chi connectivity index (χ1n) is 3.89. The molecule has 0 spiro atoms. The number of nitrogens with two attached hydrogens (primary N) is 2. The Morgan fingerprint density at radius 1 is 1.62 bits per heavy atom. The van der Waals surface area contributed by atoms with Gasteiger partial charge < -0.3 is 16.8 Å². The van der Waals surface area contributed by atoms with Crippen LogP contribution in [-0.4, -0.2) is 11.5 Å². The zero-order valence-electron chi connectivity index (χ0n) is 7.33. The SMILES string of the molecule is CCNc1nc(N)cc(N)c1C#N. The van der Waals surface area contributed by atoms with E-state index in [0.717, 1.165) is 0 Å². The third-order valence-corrected chi connectivity index (χ3v) is 1.53. The predicted octanol–water partition coefficient (Wildman–Crippen LogP) is 0.549. The molecule has 5 nitrogen and oxygen atoms in total. The minimum atomic E-state index is 0.312. The molecule has 1 aromatic rings. The van der Waals surface area contributed by atoms with Gasteiger partial charge >= 0.3 is 0 Å². The van der Waals surface area contributed by atoms with Crippen molar-refractivity contribution in [3.63, 3.8) is 0 Å². The molecule has 0 fully saturated rings. The topological polar surface area (TPSA) is 101 Å². The van der Waals surface area contributed by atoms with Crippen LogP contribution in [0.25, 0.3) is 0 Å². The Kier molecular flexibility index (Phi) is 2.55. The van der Waals surface area contributed by atoms with Crippen molar-refractivity contribution in [2.24, 2.45) is 0 Å². The molecule has 5 N–H and O–H groups in total. The van der Waals surface area contributed by atoms with Crippen molar-refractivity contribution < 1.29 is 0 Å². The summed E-state index contributed by atoms with van der Waals surface area (Å²) in [5.74, 6) is 0.759. The van der Waals surface area contributed by atoms with Crippen LogP contribution >= 0.6 is 0 Å². The maximum absolute atomic E-state index is 8.77. The van der Waals surface area contributed by atoms with Gasteiger partial charge in [-0.1, -0.05) is 0 Å². The second-order valence-electron chi connectivity index (χ2n) is 2.50. The Morgan fingerprint density at radius 3 is 2.85 bits per heavy atom. The summed E-state index contributed by atoms with van der Waals surface area (Å²) in [4.78, 5) is 3.96. The Labute approximate surface area is 76.4 Å². The lowest BCUT2D eigenvalue weighted by atomic mass is 10.2. The van der Waals surface area contributed by atoms with Gasteiger partial charge in [0, 0.05) is 12.6 Å². The number of nitriles is 1. The standard InChI is InChI=1S/C8H11N5/c1-2-12-8-5(4-9)6(10)3-7(11)13-8/h3H,2H2,1H3,(H5,10,11,12,13). The third-order valence-electron chi connectivity index (χ3n) is 1.53. The predicted molar refractivity (Wildman–Crippen MR) is 51.9 cm³/mol. The highest BCUT2D eigenvalue weighted by Gasteiger charge is 2.07. The minimum absolute atomic E-state index is 0.312. The molecule has 0 amide bonds. The number of aromatic nitrogens is 1. The van der Waals surface area contributed by atoms with E-state index in [9.17, 15) is 0 Å². The van der Waals surface area contributed by atoms with E-state index < -0.39 is 0 Å². The smallest absolute Gasteiger partial charge is 0.148 e. The fraction of sp³-hybridized carbons (Fsp3) is 0.250. The van der Waals surface area contributed by atoms with E-state index in [2.05, 4.69) is 10.3 Å². The monoisotopic (exact) mass is 177 g/mol. The van der Waals surface area contributed by atoms with Crippen LogP contribution in [0.4, 0.5) is 17.3 Å². The number of nitrogens with zero attached hydrogens (tertiary/aromatic N) is 2. The van der Waals surface area contributed by atoms with E-state index >= 15 is 0 Å². The van der Waals surface area contributed by atoms with E-state index in [1.54, 1.807) is 0 Å². The van der Waals surface area contributed by atoms with Gasteiger partial charge in [0.25, 0.3) is 0 Å². The van der Waals surface area contributed by atoms with Crippen LogP contribution in [0.1, 0.15) is 12.5 Å². The zero-order chi connectivity index (χ0) is 9.84. The maximum atomic E-state index is 8.77. The summed E-state index contributed by atoms with van der Waals surface area (Å²) < 4.78 is 0. The third kappa shape index (κ3) is 1.79. The molecule has 5 heteroatoms. The molecule has 68 valence electrons. The highest BCUT2D eigenvalue weighted by atomic mass is 15.0. The first kappa shape index (κ1) is 9.13. The van der Waals surface area contributed by atoms with E-state index in [1.165, 1.54) is 6.07 Å². The first-order valence-corrected chi connectivity index (χ1v) is 3.89. The van der Waals surface area contributed by atoms with Crippen molar-refractivity contribution in [2.75, 3.05) is 23.3 Å².